The van der Waals surface area contributed by atoms with Gasteiger partial charge in [0, 0.05) is 36.0 Å². The summed E-state index contributed by atoms with van der Waals surface area (Å²) in [4.78, 5) is 16.9. The molecule has 2 aliphatic heterocycles. The molecule has 31 heavy (non-hydrogen) atoms. The summed E-state index contributed by atoms with van der Waals surface area (Å²) in [5, 5.41) is 3.24. The lowest BCUT2D eigenvalue weighted by Gasteiger charge is -2.37. The van der Waals surface area contributed by atoms with Crippen molar-refractivity contribution in [1.29, 1.82) is 0 Å². The Morgan fingerprint density at radius 3 is 2.74 bits per heavy atom. The van der Waals surface area contributed by atoms with Crippen molar-refractivity contribution >= 4 is 17.7 Å². The van der Waals surface area contributed by atoms with Gasteiger partial charge in [0.1, 0.15) is 11.4 Å². The Balaban J connectivity index is 1.51. The summed E-state index contributed by atoms with van der Waals surface area (Å²) in [5.41, 5.74) is 4.37. The van der Waals surface area contributed by atoms with Crippen LogP contribution < -0.4 is 10.1 Å². The third-order valence-corrected chi connectivity index (χ3v) is 7.08. The van der Waals surface area contributed by atoms with Crippen LogP contribution in [0.15, 0.2) is 41.3 Å². The lowest BCUT2D eigenvalue weighted by atomic mass is 9.93. The number of ether oxygens (including phenoxy) is 1. The largest absolute Gasteiger partial charge is 0.486 e. The number of nitrogens with one attached hydrogen (secondary N) is 1. The first kappa shape index (κ1) is 22.2. The SMILES string of the molecule is CCCCN1Cc2ccccc2C[C@H]1CNC(=O)c1cc(SC)cc2c1OC(C)(C)C2. The molecule has 0 saturated heterocycles. The molecule has 2 aromatic carbocycles. The highest BCUT2D eigenvalue weighted by Gasteiger charge is 2.34. The van der Waals surface area contributed by atoms with E-state index < -0.39 is 0 Å². The zero-order chi connectivity index (χ0) is 22.0. The van der Waals surface area contributed by atoms with Crippen LogP contribution in [0.3, 0.4) is 0 Å². The van der Waals surface area contributed by atoms with Gasteiger partial charge in [-0.1, -0.05) is 37.6 Å². The fraction of sp³-hybridized carbons (Fsp3) is 0.500. The van der Waals surface area contributed by atoms with Crippen molar-refractivity contribution in [2.75, 3.05) is 19.3 Å². The molecule has 0 unspecified atom stereocenters. The number of nitrogens with zero attached hydrogens (tertiary/aromatic N) is 1. The van der Waals surface area contributed by atoms with Gasteiger partial charge in [-0.05, 0) is 62.7 Å². The van der Waals surface area contributed by atoms with Crippen LogP contribution in [-0.2, 0) is 19.4 Å². The van der Waals surface area contributed by atoms with Gasteiger partial charge in [-0.25, -0.2) is 0 Å². The molecule has 5 heteroatoms. The Kier molecular flexibility index (Phi) is 6.63. The van der Waals surface area contributed by atoms with Gasteiger partial charge in [0.2, 0.25) is 0 Å². The highest BCUT2D eigenvalue weighted by atomic mass is 32.2. The van der Waals surface area contributed by atoms with Crippen molar-refractivity contribution in [3.8, 4) is 5.75 Å². The lowest BCUT2D eigenvalue weighted by molar-refractivity contribution is 0.0911. The molecule has 1 N–H and O–H groups in total. The second-order valence-corrected chi connectivity index (χ2v) is 10.2. The molecule has 4 nitrogen and oxygen atoms in total. The van der Waals surface area contributed by atoms with Gasteiger partial charge >= 0.3 is 0 Å². The third-order valence-electron chi connectivity index (χ3n) is 6.38. The van der Waals surface area contributed by atoms with Crippen LogP contribution >= 0.6 is 11.8 Å². The minimum atomic E-state index is -0.265. The van der Waals surface area contributed by atoms with Gasteiger partial charge in [0.05, 0.1) is 5.56 Å². The molecule has 0 spiro atoms. The summed E-state index contributed by atoms with van der Waals surface area (Å²) in [5.74, 6) is 0.733. The second-order valence-electron chi connectivity index (χ2n) is 9.36. The summed E-state index contributed by atoms with van der Waals surface area (Å²) in [6.45, 7) is 9.08. The second kappa shape index (κ2) is 9.25. The molecule has 0 aromatic heterocycles. The van der Waals surface area contributed by atoms with E-state index in [9.17, 15) is 4.79 Å². The fourth-order valence-corrected chi connectivity index (χ4v) is 5.24. The summed E-state index contributed by atoms with van der Waals surface area (Å²) < 4.78 is 6.18. The van der Waals surface area contributed by atoms with Crippen molar-refractivity contribution in [3.05, 3.63) is 58.7 Å². The number of thioether (sulfide) groups is 1. The van der Waals surface area contributed by atoms with Crippen molar-refractivity contribution < 1.29 is 9.53 Å². The lowest BCUT2D eigenvalue weighted by Crippen LogP contribution is -2.47. The molecular weight excluding hydrogens is 404 g/mol. The first-order chi connectivity index (χ1) is 14.9. The topological polar surface area (TPSA) is 41.6 Å². The normalized spacial score (nSPS) is 19.4. The number of fused-ring (bicyclic) bond motifs is 2. The van der Waals surface area contributed by atoms with Gasteiger partial charge in [0.25, 0.3) is 5.91 Å². The molecular formula is C26H34N2O2S. The number of unbranched alkanes of at least 4 members (excludes halogenated alkanes) is 1. The van der Waals surface area contributed by atoms with Gasteiger partial charge in [-0.15, -0.1) is 11.8 Å². The van der Waals surface area contributed by atoms with Crippen molar-refractivity contribution in [1.82, 2.24) is 10.2 Å². The van der Waals surface area contributed by atoms with Crippen molar-refractivity contribution in [2.45, 2.75) is 69.5 Å². The monoisotopic (exact) mass is 438 g/mol. The Morgan fingerprint density at radius 1 is 1.23 bits per heavy atom. The maximum atomic E-state index is 13.3. The molecule has 166 valence electrons. The quantitative estimate of drug-likeness (QED) is 0.612. The Labute approximate surface area is 190 Å². The van der Waals surface area contributed by atoms with E-state index in [1.807, 2.05) is 6.07 Å². The molecule has 2 aromatic rings. The molecule has 0 saturated carbocycles. The molecule has 4 rings (SSSR count). The van der Waals surface area contributed by atoms with Crippen LogP contribution in [-0.4, -0.2) is 41.8 Å². The van der Waals surface area contributed by atoms with E-state index in [2.05, 4.69) is 67.6 Å². The van der Waals surface area contributed by atoms with Crippen molar-refractivity contribution in [3.63, 3.8) is 0 Å². The summed E-state index contributed by atoms with van der Waals surface area (Å²) in [6.07, 6.45) is 6.22. The fourth-order valence-electron chi connectivity index (χ4n) is 4.74. The van der Waals surface area contributed by atoms with Crippen LogP contribution in [0, 0.1) is 0 Å². The Morgan fingerprint density at radius 2 is 2.00 bits per heavy atom. The van der Waals surface area contributed by atoms with E-state index in [4.69, 9.17) is 4.74 Å². The Bertz CT molecular complexity index is 956. The van der Waals surface area contributed by atoms with Crippen LogP contribution in [0.1, 0.15) is 60.7 Å². The van der Waals surface area contributed by atoms with E-state index in [0.29, 0.717) is 18.2 Å². The molecule has 1 atom stereocenters. The van der Waals surface area contributed by atoms with Crippen LogP contribution in [0.25, 0.3) is 0 Å². The first-order valence-electron chi connectivity index (χ1n) is 11.4. The summed E-state index contributed by atoms with van der Waals surface area (Å²) in [7, 11) is 0. The van der Waals surface area contributed by atoms with E-state index >= 15 is 0 Å². The number of carbonyl (C=O) groups is 1. The highest BCUT2D eigenvalue weighted by Crippen LogP contribution is 2.40. The van der Waals surface area contributed by atoms with Crippen LogP contribution in [0.4, 0.5) is 0 Å². The van der Waals surface area contributed by atoms with Crippen LogP contribution in [0.5, 0.6) is 5.75 Å². The minimum absolute atomic E-state index is 0.0286. The smallest absolute Gasteiger partial charge is 0.255 e. The zero-order valence-electron chi connectivity index (χ0n) is 19.2. The maximum Gasteiger partial charge on any atom is 0.255 e. The van der Waals surface area contributed by atoms with E-state index in [-0.39, 0.29) is 11.5 Å². The first-order valence-corrected chi connectivity index (χ1v) is 12.6. The summed E-state index contributed by atoms with van der Waals surface area (Å²) >= 11 is 1.67. The maximum absolute atomic E-state index is 13.3. The van der Waals surface area contributed by atoms with Gasteiger partial charge < -0.3 is 10.1 Å². The number of benzene rings is 2. The molecule has 0 aliphatic carbocycles. The predicted octanol–water partition coefficient (Wildman–Crippen LogP) is 5.08. The molecule has 1 amide bonds. The number of rotatable bonds is 7. The van der Waals surface area contributed by atoms with Crippen molar-refractivity contribution in [2.24, 2.45) is 0 Å². The highest BCUT2D eigenvalue weighted by molar-refractivity contribution is 7.98. The standard InChI is InChI=1S/C26H34N2O2S/c1-5-6-11-28-17-19-10-8-7-9-18(19)12-21(28)16-27-25(29)23-14-22(31-4)13-20-15-26(2,3)30-24(20)23/h7-10,13-14,21H,5-6,11-12,15-17H2,1-4H3,(H,27,29)/t21-/m0/s1. The number of hydrogen-bond donors (Lipinski definition) is 1. The molecule has 0 radical (unpaired) electrons. The number of amides is 1. The minimum Gasteiger partial charge on any atom is -0.486 e. The van der Waals surface area contributed by atoms with Gasteiger partial charge in [-0.3, -0.25) is 9.69 Å². The Hall–Kier alpha value is -1.98. The van der Waals surface area contributed by atoms with Gasteiger partial charge in [0.15, 0.2) is 0 Å². The predicted molar refractivity (Wildman–Crippen MR) is 128 cm³/mol. The number of carbonyl (C=O) groups excluding carboxylic acids is 1. The third kappa shape index (κ3) is 4.93. The molecule has 2 heterocycles. The van der Waals surface area contributed by atoms with E-state index in [0.717, 1.165) is 42.1 Å². The summed E-state index contributed by atoms with van der Waals surface area (Å²) in [6, 6.07) is 13.2. The van der Waals surface area contributed by atoms with Gasteiger partial charge in [-0.2, -0.15) is 0 Å². The average Bonchev–Trinajstić information content (AvgIpc) is 3.08. The van der Waals surface area contributed by atoms with E-state index in [1.165, 1.54) is 24.0 Å². The van der Waals surface area contributed by atoms with Crippen LogP contribution in [0.2, 0.25) is 0 Å². The van der Waals surface area contributed by atoms with E-state index in [1.54, 1.807) is 11.8 Å². The number of hydrogen-bond acceptors (Lipinski definition) is 4. The molecule has 0 fully saturated rings. The average molecular weight is 439 g/mol. The zero-order valence-corrected chi connectivity index (χ0v) is 20.0. The molecule has 0 bridgehead atoms. The molecule has 2 aliphatic rings.